The zero-order valence-corrected chi connectivity index (χ0v) is 9.35. The third kappa shape index (κ3) is 2.88. The molecule has 0 aliphatic carbocycles. The van der Waals surface area contributed by atoms with Crippen LogP contribution in [0.1, 0.15) is 5.69 Å². The Morgan fingerprint density at radius 2 is 2.35 bits per heavy atom. The van der Waals surface area contributed by atoms with E-state index in [0.717, 1.165) is 0 Å². The van der Waals surface area contributed by atoms with Crippen LogP contribution in [0.25, 0.3) is 0 Å². The molecule has 2 N–H and O–H groups in total. The lowest BCUT2D eigenvalue weighted by atomic mass is 10.4. The van der Waals surface area contributed by atoms with Crippen molar-refractivity contribution >= 4 is 23.5 Å². The molecule has 0 aromatic carbocycles. The van der Waals surface area contributed by atoms with E-state index in [9.17, 15) is 4.79 Å². The van der Waals surface area contributed by atoms with Crippen molar-refractivity contribution in [1.82, 2.24) is 15.2 Å². The first-order valence-corrected chi connectivity index (χ1v) is 5.08. The Kier molecular flexibility index (Phi) is 3.46. The second-order valence-electron chi connectivity index (χ2n) is 3.05. The van der Waals surface area contributed by atoms with Crippen LogP contribution in [-0.4, -0.2) is 21.4 Å². The Hall–Kier alpha value is -2.21. The minimum absolute atomic E-state index is 0.0122. The number of hydrogen-bond donors (Lipinski definition) is 2. The predicted molar refractivity (Wildman–Crippen MR) is 65.3 cm³/mol. The summed E-state index contributed by atoms with van der Waals surface area (Å²) in [6.07, 6.45) is 4.54. The van der Waals surface area contributed by atoms with Gasteiger partial charge in [0.25, 0.3) is 5.56 Å². The molecule has 0 aliphatic heterocycles. The van der Waals surface area contributed by atoms with Crippen LogP contribution in [-0.2, 0) is 0 Å². The molecule has 0 aliphatic rings. The molecule has 0 radical (unpaired) electrons. The van der Waals surface area contributed by atoms with E-state index in [1.54, 1.807) is 12.3 Å². The molecule has 0 saturated heterocycles. The molecular formula is C10H8ClN5O. The third-order valence-electron chi connectivity index (χ3n) is 1.87. The molecular weight excluding hydrogens is 242 g/mol. The first-order chi connectivity index (χ1) is 8.27. The fourth-order valence-electron chi connectivity index (χ4n) is 1.08. The number of aromatic nitrogens is 3. The normalized spacial score (nSPS) is 10.6. The van der Waals surface area contributed by atoms with Gasteiger partial charge in [0.1, 0.15) is 10.7 Å². The molecule has 7 heteroatoms. The highest BCUT2D eigenvalue weighted by Crippen LogP contribution is 2.13. The standard InChI is InChI=1S/C10H8ClN5O/c11-9-8(6-14-16-10(9)17)15-13-5-7-3-1-2-4-12-7/h1-6H,(H2,15,16,17). The van der Waals surface area contributed by atoms with Gasteiger partial charge in [-0.2, -0.15) is 10.2 Å². The van der Waals surface area contributed by atoms with Crippen LogP contribution >= 0.6 is 11.6 Å². The molecule has 0 bridgehead atoms. The number of aromatic amines is 1. The minimum Gasteiger partial charge on any atom is -0.275 e. The van der Waals surface area contributed by atoms with Crippen LogP contribution in [0.5, 0.6) is 0 Å². The SMILES string of the molecule is O=c1[nH]ncc(NN=Cc2ccccn2)c1Cl. The highest BCUT2D eigenvalue weighted by Gasteiger charge is 2.02. The quantitative estimate of drug-likeness (QED) is 0.634. The Labute approximate surface area is 101 Å². The Morgan fingerprint density at radius 1 is 1.47 bits per heavy atom. The zero-order chi connectivity index (χ0) is 12.1. The third-order valence-corrected chi connectivity index (χ3v) is 2.24. The first-order valence-electron chi connectivity index (χ1n) is 4.70. The number of halogens is 1. The lowest BCUT2D eigenvalue weighted by Gasteiger charge is -1.99. The summed E-state index contributed by atoms with van der Waals surface area (Å²) in [5, 5.41) is 9.71. The smallest absolute Gasteiger partial charge is 0.275 e. The molecule has 2 aromatic heterocycles. The summed E-state index contributed by atoms with van der Waals surface area (Å²) in [6.45, 7) is 0. The number of pyridine rings is 1. The van der Waals surface area contributed by atoms with Crippen molar-refractivity contribution in [1.29, 1.82) is 0 Å². The summed E-state index contributed by atoms with van der Waals surface area (Å²) in [5.41, 5.74) is 3.17. The van der Waals surface area contributed by atoms with Crippen molar-refractivity contribution in [3.05, 3.63) is 51.7 Å². The summed E-state index contributed by atoms with van der Waals surface area (Å²) < 4.78 is 0. The highest BCUT2D eigenvalue weighted by atomic mass is 35.5. The summed E-state index contributed by atoms with van der Waals surface area (Å²) in [6, 6.07) is 5.45. The van der Waals surface area contributed by atoms with Gasteiger partial charge in [-0.05, 0) is 12.1 Å². The summed E-state index contributed by atoms with van der Waals surface area (Å²) in [7, 11) is 0. The topological polar surface area (TPSA) is 83.0 Å². The maximum Gasteiger partial charge on any atom is 0.285 e. The van der Waals surface area contributed by atoms with E-state index in [1.807, 2.05) is 12.1 Å². The van der Waals surface area contributed by atoms with Gasteiger partial charge >= 0.3 is 0 Å². The van der Waals surface area contributed by atoms with Crippen molar-refractivity contribution in [2.75, 3.05) is 5.43 Å². The van der Waals surface area contributed by atoms with E-state index in [4.69, 9.17) is 11.6 Å². The van der Waals surface area contributed by atoms with Crippen LogP contribution in [0.2, 0.25) is 5.02 Å². The maximum atomic E-state index is 11.1. The van der Waals surface area contributed by atoms with Gasteiger partial charge in [-0.25, -0.2) is 5.10 Å². The molecule has 0 spiro atoms. The van der Waals surface area contributed by atoms with Crippen molar-refractivity contribution < 1.29 is 0 Å². The van der Waals surface area contributed by atoms with E-state index >= 15 is 0 Å². The van der Waals surface area contributed by atoms with E-state index in [1.165, 1.54) is 12.4 Å². The van der Waals surface area contributed by atoms with Crippen molar-refractivity contribution in [3.8, 4) is 0 Å². The molecule has 0 unspecified atom stereocenters. The lowest BCUT2D eigenvalue weighted by Crippen LogP contribution is -2.10. The number of hydrazone groups is 1. The van der Waals surface area contributed by atoms with Crippen molar-refractivity contribution in [3.63, 3.8) is 0 Å². The largest absolute Gasteiger partial charge is 0.285 e. The van der Waals surface area contributed by atoms with Gasteiger partial charge in [0.05, 0.1) is 18.1 Å². The lowest BCUT2D eigenvalue weighted by molar-refractivity contribution is 0.987. The van der Waals surface area contributed by atoms with Crippen LogP contribution in [0.15, 0.2) is 40.5 Å². The molecule has 86 valence electrons. The summed E-state index contributed by atoms with van der Waals surface area (Å²) in [4.78, 5) is 15.2. The second-order valence-corrected chi connectivity index (χ2v) is 3.43. The predicted octanol–water partition coefficient (Wildman–Crippen LogP) is 1.26. The fraction of sp³-hybridized carbons (Fsp3) is 0. The zero-order valence-electron chi connectivity index (χ0n) is 8.59. The van der Waals surface area contributed by atoms with Gasteiger partial charge in [0, 0.05) is 6.20 Å². The number of nitrogens with zero attached hydrogens (tertiary/aromatic N) is 3. The number of hydrogen-bond acceptors (Lipinski definition) is 5. The van der Waals surface area contributed by atoms with Gasteiger partial charge in [0.15, 0.2) is 0 Å². The van der Waals surface area contributed by atoms with E-state index in [-0.39, 0.29) is 5.02 Å². The molecule has 17 heavy (non-hydrogen) atoms. The second kappa shape index (κ2) is 5.22. The van der Waals surface area contributed by atoms with Crippen LogP contribution < -0.4 is 11.0 Å². The number of anilines is 1. The summed E-state index contributed by atoms with van der Waals surface area (Å²) >= 11 is 5.74. The van der Waals surface area contributed by atoms with Crippen LogP contribution in [0.4, 0.5) is 5.69 Å². The number of H-pyrrole nitrogens is 1. The molecule has 2 rings (SSSR count). The van der Waals surface area contributed by atoms with Gasteiger partial charge in [0.2, 0.25) is 0 Å². The maximum absolute atomic E-state index is 11.1. The van der Waals surface area contributed by atoms with Crippen LogP contribution in [0.3, 0.4) is 0 Å². The van der Waals surface area contributed by atoms with Gasteiger partial charge in [-0.3, -0.25) is 15.2 Å². The monoisotopic (exact) mass is 249 g/mol. The first kappa shape index (κ1) is 11.3. The van der Waals surface area contributed by atoms with E-state index in [0.29, 0.717) is 11.4 Å². The average Bonchev–Trinajstić information content (AvgIpc) is 2.36. The van der Waals surface area contributed by atoms with Gasteiger partial charge in [-0.1, -0.05) is 17.7 Å². The highest BCUT2D eigenvalue weighted by molar-refractivity contribution is 6.32. The number of rotatable bonds is 3. The fourth-order valence-corrected chi connectivity index (χ4v) is 1.22. The molecule has 0 fully saturated rings. The minimum atomic E-state index is -0.468. The van der Waals surface area contributed by atoms with Crippen LogP contribution in [0, 0.1) is 0 Å². The number of nitrogens with one attached hydrogen (secondary N) is 2. The Morgan fingerprint density at radius 3 is 3.12 bits per heavy atom. The molecule has 6 nitrogen and oxygen atoms in total. The van der Waals surface area contributed by atoms with E-state index < -0.39 is 5.56 Å². The van der Waals surface area contributed by atoms with Crippen molar-refractivity contribution in [2.24, 2.45) is 5.10 Å². The molecule has 0 amide bonds. The summed E-state index contributed by atoms with van der Waals surface area (Å²) in [5.74, 6) is 0. The van der Waals surface area contributed by atoms with Gasteiger partial charge in [-0.15, -0.1) is 0 Å². The molecule has 2 aromatic rings. The Balaban J connectivity index is 2.11. The van der Waals surface area contributed by atoms with Gasteiger partial charge < -0.3 is 0 Å². The Bertz CT molecular complexity index is 581. The van der Waals surface area contributed by atoms with Crippen molar-refractivity contribution in [2.45, 2.75) is 0 Å². The molecule has 2 heterocycles. The molecule has 0 atom stereocenters. The molecule has 0 saturated carbocycles. The van der Waals surface area contributed by atoms with E-state index in [2.05, 4.69) is 25.7 Å². The average molecular weight is 250 g/mol.